The van der Waals surface area contributed by atoms with Crippen LogP contribution >= 0.6 is 0 Å². The standard InChI is InChI=1S/C8H6F4N2O3/c9-5-4(17-8(10,11)12)1-3(2-13)14-6(5)7(15)16/h1H,2,13H2,(H,15,16). The van der Waals surface area contributed by atoms with Gasteiger partial charge in [-0.25, -0.2) is 14.2 Å². The Morgan fingerprint density at radius 3 is 2.53 bits per heavy atom. The predicted octanol–water partition coefficient (Wildman–Crippen LogP) is 1.28. The number of aromatic nitrogens is 1. The van der Waals surface area contributed by atoms with E-state index < -0.39 is 29.6 Å². The Labute approximate surface area is 91.8 Å². The van der Waals surface area contributed by atoms with Gasteiger partial charge in [0.2, 0.25) is 0 Å². The summed E-state index contributed by atoms with van der Waals surface area (Å²) in [7, 11) is 0. The maximum atomic E-state index is 13.3. The molecule has 0 unspecified atom stereocenters. The van der Waals surface area contributed by atoms with Crippen molar-refractivity contribution in [1.82, 2.24) is 4.98 Å². The highest BCUT2D eigenvalue weighted by Crippen LogP contribution is 2.27. The molecule has 1 aromatic rings. The van der Waals surface area contributed by atoms with Gasteiger partial charge in [-0.1, -0.05) is 0 Å². The number of alkyl halides is 3. The number of carboxylic acids is 1. The smallest absolute Gasteiger partial charge is 0.476 e. The zero-order valence-corrected chi connectivity index (χ0v) is 8.08. The average molecular weight is 254 g/mol. The number of ether oxygens (including phenoxy) is 1. The van der Waals surface area contributed by atoms with Gasteiger partial charge in [-0.15, -0.1) is 13.2 Å². The largest absolute Gasteiger partial charge is 0.573 e. The van der Waals surface area contributed by atoms with Crippen LogP contribution < -0.4 is 10.5 Å². The summed E-state index contributed by atoms with van der Waals surface area (Å²) in [6.07, 6.45) is -5.14. The van der Waals surface area contributed by atoms with Crippen molar-refractivity contribution in [3.05, 3.63) is 23.3 Å². The first-order valence-corrected chi connectivity index (χ1v) is 4.13. The number of carboxylic acid groups (broad SMARTS) is 1. The van der Waals surface area contributed by atoms with Crippen molar-refractivity contribution in [2.45, 2.75) is 12.9 Å². The monoisotopic (exact) mass is 254 g/mol. The van der Waals surface area contributed by atoms with E-state index in [1.807, 2.05) is 0 Å². The second-order valence-electron chi connectivity index (χ2n) is 2.83. The van der Waals surface area contributed by atoms with Gasteiger partial charge in [-0.05, 0) is 0 Å². The Hall–Kier alpha value is -1.90. The van der Waals surface area contributed by atoms with E-state index in [1.165, 1.54) is 0 Å². The number of hydrogen-bond donors (Lipinski definition) is 2. The molecule has 0 aromatic carbocycles. The first-order valence-electron chi connectivity index (χ1n) is 4.13. The van der Waals surface area contributed by atoms with Crippen LogP contribution in [-0.2, 0) is 6.54 Å². The summed E-state index contributed by atoms with van der Waals surface area (Å²) in [6, 6.07) is 0.593. The first kappa shape index (κ1) is 13.2. The molecule has 0 saturated heterocycles. The van der Waals surface area contributed by atoms with Gasteiger partial charge in [0.25, 0.3) is 0 Å². The van der Waals surface area contributed by atoms with Gasteiger partial charge in [0, 0.05) is 12.6 Å². The number of halogens is 4. The van der Waals surface area contributed by atoms with Gasteiger partial charge in [0.05, 0.1) is 5.69 Å². The lowest BCUT2D eigenvalue weighted by Crippen LogP contribution is -2.20. The number of aromatic carboxylic acids is 1. The molecule has 0 amide bonds. The molecule has 0 aliphatic rings. The zero-order chi connectivity index (χ0) is 13.2. The molecule has 0 aliphatic heterocycles. The molecular formula is C8H6F4N2O3. The average Bonchev–Trinajstić information content (AvgIpc) is 2.18. The molecule has 0 saturated carbocycles. The van der Waals surface area contributed by atoms with Gasteiger partial charge in [0.15, 0.2) is 17.3 Å². The third-order valence-electron chi connectivity index (χ3n) is 1.61. The first-order chi connectivity index (χ1) is 7.74. The third-order valence-corrected chi connectivity index (χ3v) is 1.61. The van der Waals surface area contributed by atoms with Crippen molar-refractivity contribution in [2.24, 2.45) is 5.73 Å². The van der Waals surface area contributed by atoms with Crippen LogP contribution in [-0.4, -0.2) is 22.4 Å². The molecule has 5 nitrogen and oxygen atoms in total. The summed E-state index contributed by atoms with van der Waals surface area (Å²) >= 11 is 0. The molecule has 1 rings (SSSR count). The van der Waals surface area contributed by atoms with Crippen LogP contribution in [0.2, 0.25) is 0 Å². The molecule has 0 fully saturated rings. The van der Waals surface area contributed by atoms with E-state index in [-0.39, 0.29) is 12.2 Å². The van der Waals surface area contributed by atoms with E-state index in [2.05, 4.69) is 9.72 Å². The van der Waals surface area contributed by atoms with Crippen molar-refractivity contribution in [3.8, 4) is 5.75 Å². The fraction of sp³-hybridized carbons (Fsp3) is 0.250. The fourth-order valence-corrected chi connectivity index (χ4v) is 1.00. The van der Waals surface area contributed by atoms with Gasteiger partial charge in [0.1, 0.15) is 0 Å². The van der Waals surface area contributed by atoms with Crippen molar-refractivity contribution in [1.29, 1.82) is 0 Å². The summed E-state index contributed by atoms with van der Waals surface area (Å²) < 4.78 is 52.3. The van der Waals surface area contributed by atoms with Crippen molar-refractivity contribution in [2.75, 3.05) is 0 Å². The van der Waals surface area contributed by atoms with Gasteiger partial charge < -0.3 is 15.6 Å². The molecule has 17 heavy (non-hydrogen) atoms. The van der Waals surface area contributed by atoms with E-state index in [4.69, 9.17) is 10.8 Å². The van der Waals surface area contributed by atoms with Crippen LogP contribution in [0.1, 0.15) is 16.2 Å². The molecule has 0 spiro atoms. The Morgan fingerprint density at radius 2 is 2.12 bits per heavy atom. The summed E-state index contributed by atoms with van der Waals surface area (Å²) in [6.45, 7) is -0.352. The summed E-state index contributed by atoms with van der Waals surface area (Å²) in [5.41, 5.74) is 3.68. The number of carbonyl (C=O) groups is 1. The van der Waals surface area contributed by atoms with Crippen molar-refractivity contribution < 1.29 is 32.2 Å². The number of pyridine rings is 1. The predicted molar refractivity (Wildman–Crippen MR) is 45.7 cm³/mol. The third kappa shape index (κ3) is 3.28. The van der Waals surface area contributed by atoms with Crippen molar-refractivity contribution in [3.63, 3.8) is 0 Å². The van der Waals surface area contributed by atoms with Crippen LogP contribution in [0.15, 0.2) is 6.07 Å². The Morgan fingerprint density at radius 1 is 1.53 bits per heavy atom. The quantitative estimate of drug-likeness (QED) is 0.793. The van der Waals surface area contributed by atoms with E-state index in [0.29, 0.717) is 6.07 Å². The lowest BCUT2D eigenvalue weighted by Gasteiger charge is -2.11. The molecule has 94 valence electrons. The summed E-state index contributed by atoms with van der Waals surface area (Å²) in [4.78, 5) is 13.8. The Kier molecular flexibility index (Phi) is 3.51. The summed E-state index contributed by atoms with van der Waals surface area (Å²) in [5, 5.41) is 8.53. The highest BCUT2D eigenvalue weighted by molar-refractivity contribution is 5.86. The second-order valence-corrected chi connectivity index (χ2v) is 2.83. The zero-order valence-electron chi connectivity index (χ0n) is 8.08. The van der Waals surface area contributed by atoms with E-state index in [0.717, 1.165) is 0 Å². The number of rotatable bonds is 3. The van der Waals surface area contributed by atoms with E-state index >= 15 is 0 Å². The Bertz CT molecular complexity index is 447. The SMILES string of the molecule is NCc1cc(OC(F)(F)F)c(F)c(C(=O)O)n1. The van der Waals surface area contributed by atoms with Gasteiger partial charge >= 0.3 is 12.3 Å². The second kappa shape index (κ2) is 4.53. The Balaban J connectivity index is 3.29. The molecule has 0 bridgehead atoms. The normalized spacial score (nSPS) is 11.4. The molecule has 1 heterocycles. The van der Waals surface area contributed by atoms with Crippen molar-refractivity contribution >= 4 is 5.97 Å². The summed E-state index contributed by atoms with van der Waals surface area (Å²) in [5.74, 6) is -4.79. The van der Waals surface area contributed by atoms with Crippen LogP contribution in [0.5, 0.6) is 5.75 Å². The molecule has 1 aromatic heterocycles. The van der Waals surface area contributed by atoms with Crippen LogP contribution in [0.3, 0.4) is 0 Å². The molecular weight excluding hydrogens is 248 g/mol. The number of hydrogen-bond acceptors (Lipinski definition) is 4. The maximum absolute atomic E-state index is 13.3. The lowest BCUT2D eigenvalue weighted by molar-refractivity contribution is -0.275. The van der Waals surface area contributed by atoms with Crippen LogP contribution in [0, 0.1) is 5.82 Å². The minimum atomic E-state index is -5.14. The minimum absolute atomic E-state index is 0.233. The van der Waals surface area contributed by atoms with Crippen LogP contribution in [0.25, 0.3) is 0 Å². The highest BCUT2D eigenvalue weighted by Gasteiger charge is 2.34. The lowest BCUT2D eigenvalue weighted by atomic mass is 10.2. The topological polar surface area (TPSA) is 85.4 Å². The number of nitrogens with two attached hydrogens (primary N) is 1. The van der Waals surface area contributed by atoms with E-state index in [1.54, 1.807) is 0 Å². The molecule has 0 atom stereocenters. The molecule has 9 heteroatoms. The maximum Gasteiger partial charge on any atom is 0.573 e. The molecule has 3 N–H and O–H groups in total. The minimum Gasteiger partial charge on any atom is -0.476 e. The molecule has 0 radical (unpaired) electrons. The highest BCUT2D eigenvalue weighted by atomic mass is 19.4. The van der Waals surface area contributed by atoms with E-state index in [9.17, 15) is 22.4 Å². The molecule has 0 aliphatic carbocycles. The number of nitrogens with zero attached hydrogens (tertiary/aromatic N) is 1. The fourth-order valence-electron chi connectivity index (χ4n) is 1.00. The van der Waals surface area contributed by atoms with Crippen LogP contribution in [0.4, 0.5) is 17.6 Å². The van der Waals surface area contributed by atoms with Gasteiger partial charge in [-0.3, -0.25) is 0 Å². The van der Waals surface area contributed by atoms with Gasteiger partial charge in [-0.2, -0.15) is 0 Å².